The molecule has 0 saturated carbocycles. The lowest BCUT2D eigenvalue weighted by molar-refractivity contribution is 1.69. The van der Waals surface area contributed by atoms with Crippen molar-refractivity contribution in [3.8, 4) is 0 Å². The summed E-state index contributed by atoms with van der Waals surface area (Å²) in [6.45, 7) is 12.0. The molecule has 0 atom stereocenters. The van der Waals surface area contributed by atoms with Crippen LogP contribution in [-0.2, 0) is 0 Å². The Bertz CT molecular complexity index is 128. The molecule has 0 N–H and O–H groups in total. The van der Waals surface area contributed by atoms with Gasteiger partial charge in [0.2, 0.25) is 0 Å². The summed E-state index contributed by atoms with van der Waals surface area (Å²) in [5.74, 6) is 2.27. The largest absolute Gasteiger partial charge is 0.113 e. The first-order chi connectivity index (χ1) is 3.42. The highest BCUT2D eigenvalue weighted by Gasteiger charge is 1.89. The predicted octanol–water partition coefficient (Wildman–Crippen LogP) is 2.27. The van der Waals surface area contributed by atoms with Crippen LogP contribution in [0.3, 0.4) is 0 Å². The molecule has 0 bridgehead atoms. The zero-order chi connectivity index (χ0) is 6.78. The smallest absolute Gasteiger partial charge is 0.0403 e. The molecule has 0 aromatic rings. The van der Waals surface area contributed by atoms with E-state index in [9.17, 15) is 0 Å². The summed E-state index contributed by atoms with van der Waals surface area (Å²) < 4.78 is 0. The van der Waals surface area contributed by atoms with Gasteiger partial charge in [0, 0.05) is 0 Å². The van der Waals surface area contributed by atoms with Gasteiger partial charge in [0.15, 0.2) is 0 Å². The molecule has 0 aliphatic carbocycles. The highest BCUT2D eigenvalue weighted by Crippen LogP contribution is 2.32. The Kier molecular flexibility index (Phi) is 2.56. The van der Waals surface area contributed by atoms with E-state index in [1.165, 1.54) is 5.57 Å². The topological polar surface area (TPSA) is 0 Å². The second kappa shape index (κ2) is 2.55. The molecule has 0 rings (SSSR count). The van der Waals surface area contributed by atoms with Gasteiger partial charge in [-0.05, 0) is 26.9 Å². The lowest BCUT2D eigenvalue weighted by atomic mass is 10.4. The van der Waals surface area contributed by atoms with Gasteiger partial charge in [-0.1, -0.05) is 17.9 Å². The maximum atomic E-state index is 3.81. The van der Waals surface area contributed by atoms with E-state index in [0.717, 1.165) is 0 Å². The third-order valence-electron chi connectivity index (χ3n) is 0.608. The monoisotopic (exact) mass is 130 g/mol. The van der Waals surface area contributed by atoms with Crippen LogP contribution in [0.5, 0.6) is 0 Å². The third-order valence-corrected chi connectivity index (χ3v) is 1.82. The molecule has 1 heteroatoms. The summed E-state index contributed by atoms with van der Waals surface area (Å²) in [7, 11) is 0. The van der Waals surface area contributed by atoms with Crippen molar-refractivity contribution in [2.75, 3.05) is 20.0 Å². The van der Waals surface area contributed by atoms with Crippen LogP contribution in [0.15, 0.2) is 12.2 Å². The van der Waals surface area contributed by atoms with Crippen molar-refractivity contribution in [3.63, 3.8) is 0 Å². The summed E-state index contributed by atoms with van der Waals surface area (Å²) in [5, 5.41) is 0. The van der Waals surface area contributed by atoms with E-state index in [-0.39, 0.29) is 0 Å². The molecule has 0 spiro atoms. The van der Waals surface area contributed by atoms with Crippen LogP contribution in [0.2, 0.25) is 0 Å². The van der Waals surface area contributed by atoms with Crippen LogP contribution in [0.1, 0.15) is 6.92 Å². The van der Waals surface area contributed by atoms with E-state index in [1.54, 1.807) is 0 Å². The van der Waals surface area contributed by atoms with Gasteiger partial charge >= 0.3 is 0 Å². The van der Waals surface area contributed by atoms with Crippen molar-refractivity contribution in [2.45, 2.75) is 6.92 Å². The molecule has 0 unspecified atom stereocenters. The predicted molar refractivity (Wildman–Crippen MR) is 45.6 cm³/mol. The first-order valence-corrected chi connectivity index (χ1v) is 5.94. The second-order valence-corrected chi connectivity index (χ2v) is 7.58. The van der Waals surface area contributed by atoms with Crippen molar-refractivity contribution in [3.05, 3.63) is 12.2 Å². The molecule has 0 aromatic heterocycles. The number of hydrogen-bond acceptors (Lipinski definition) is 0. The van der Waals surface area contributed by atoms with Crippen molar-refractivity contribution in [1.82, 2.24) is 0 Å². The first-order valence-electron chi connectivity index (χ1n) is 2.74. The molecular weight excluding hydrogens is 115 g/mol. The Morgan fingerprint density at radius 1 is 1.38 bits per heavy atom. The maximum Gasteiger partial charge on any atom is -0.0403 e. The summed E-state index contributed by atoms with van der Waals surface area (Å²) in [6, 6.07) is 0. The third kappa shape index (κ3) is 6.04. The van der Waals surface area contributed by atoms with Crippen LogP contribution < -0.4 is 0 Å². The van der Waals surface area contributed by atoms with E-state index in [1.807, 2.05) is 6.92 Å². The Morgan fingerprint density at radius 3 is 1.75 bits per heavy atom. The fourth-order valence-corrected chi connectivity index (χ4v) is 1.98. The van der Waals surface area contributed by atoms with Gasteiger partial charge in [-0.15, -0.1) is 6.89 Å². The summed E-state index contributed by atoms with van der Waals surface area (Å²) in [5.41, 5.74) is 1.20. The summed E-state index contributed by atoms with van der Waals surface area (Å²) in [6.07, 6.45) is 0. The Labute approximate surface area is 52.6 Å². The van der Waals surface area contributed by atoms with Crippen LogP contribution in [0.4, 0.5) is 0 Å². The van der Waals surface area contributed by atoms with Crippen LogP contribution in [-0.4, -0.2) is 25.8 Å². The van der Waals surface area contributed by atoms with Crippen molar-refractivity contribution in [2.24, 2.45) is 0 Å². The van der Waals surface area contributed by atoms with Gasteiger partial charge in [-0.25, -0.2) is 0 Å². The van der Waals surface area contributed by atoms with Crippen molar-refractivity contribution in [1.29, 1.82) is 0 Å². The lowest BCUT2D eigenvalue weighted by Gasteiger charge is -2.04. The molecule has 0 aromatic carbocycles. The number of hydrogen-bond donors (Lipinski definition) is 0. The van der Waals surface area contributed by atoms with Crippen LogP contribution in [0.25, 0.3) is 0 Å². The Hall–Kier alpha value is 0.0400. The van der Waals surface area contributed by atoms with E-state index in [0.29, 0.717) is 0 Å². The Morgan fingerprint density at radius 2 is 1.75 bits per heavy atom. The molecule has 0 aliphatic heterocycles. The van der Waals surface area contributed by atoms with Crippen LogP contribution in [0, 0.1) is 0 Å². The first kappa shape index (κ1) is 8.04. The molecule has 0 amide bonds. The molecule has 48 valence electrons. The van der Waals surface area contributed by atoms with Gasteiger partial charge in [0.1, 0.15) is 0 Å². The summed E-state index contributed by atoms with van der Waals surface area (Å²) >= 11 is 0. The molecular formula is C7H15P. The molecule has 0 saturated heterocycles. The number of allylic oxidation sites excluding steroid dienone is 1. The maximum absolute atomic E-state index is 3.81. The minimum atomic E-state index is -0.696. The van der Waals surface area contributed by atoms with E-state index >= 15 is 0 Å². The van der Waals surface area contributed by atoms with Gasteiger partial charge in [-0.3, -0.25) is 0 Å². The Balaban J connectivity index is 4.17. The van der Waals surface area contributed by atoms with Gasteiger partial charge < -0.3 is 0 Å². The molecule has 0 radical (unpaired) electrons. The minimum Gasteiger partial charge on any atom is -0.113 e. The second-order valence-electron chi connectivity index (χ2n) is 3.09. The van der Waals surface area contributed by atoms with Crippen LogP contribution >= 0.6 is 6.89 Å². The van der Waals surface area contributed by atoms with E-state index in [4.69, 9.17) is 0 Å². The summed E-state index contributed by atoms with van der Waals surface area (Å²) in [4.78, 5) is 0. The van der Waals surface area contributed by atoms with E-state index in [2.05, 4.69) is 32.4 Å². The number of rotatable bonds is 1. The van der Waals surface area contributed by atoms with E-state index < -0.39 is 6.89 Å². The average molecular weight is 130 g/mol. The normalized spacial score (nSPS) is 11.0. The zero-order valence-electron chi connectivity index (χ0n) is 6.23. The van der Waals surface area contributed by atoms with Gasteiger partial charge in [0.05, 0.1) is 0 Å². The SMILES string of the molecule is C=C(C)C=P(C)(C)C. The highest BCUT2D eigenvalue weighted by molar-refractivity contribution is 7.73. The lowest BCUT2D eigenvalue weighted by Crippen LogP contribution is -1.79. The van der Waals surface area contributed by atoms with Crippen molar-refractivity contribution >= 4 is 12.7 Å². The fourth-order valence-electron chi connectivity index (χ4n) is 0.661. The molecule has 0 nitrogen and oxygen atoms in total. The minimum absolute atomic E-state index is 0.696. The highest BCUT2D eigenvalue weighted by atomic mass is 31.2. The molecule has 0 heterocycles. The zero-order valence-corrected chi connectivity index (χ0v) is 7.13. The molecule has 8 heavy (non-hydrogen) atoms. The molecule has 0 aliphatic rings. The fraction of sp³-hybridized carbons (Fsp3) is 0.571. The van der Waals surface area contributed by atoms with Crippen molar-refractivity contribution < 1.29 is 0 Å². The van der Waals surface area contributed by atoms with Gasteiger partial charge in [-0.2, -0.15) is 0 Å². The van der Waals surface area contributed by atoms with Gasteiger partial charge in [0.25, 0.3) is 0 Å². The average Bonchev–Trinajstić information content (AvgIpc) is 1.21. The standard InChI is InChI=1S/C7H15P/c1-7(2)6-8(3,4)5/h6H,1H2,2-5H3. The quantitative estimate of drug-likeness (QED) is 0.478. The molecule has 0 fully saturated rings.